The minimum Gasteiger partial charge on any atom is -0.397 e. The van der Waals surface area contributed by atoms with E-state index in [1.807, 2.05) is 6.07 Å². The number of carbonyl (C=O) groups excluding carboxylic acids is 1. The second kappa shape index (κ2) is 5.61. The topological polar surface area (TPSA) is 98.7 Å². The number of halogens is 1. The molecule has 8 heteroatoms. The van der Waals surface area contributed by atoms with Crippen LogP contribution in [-0.4, -0.2) is 32.2 Å². The predicted octanol–water partition coefficient (Wildman–Crippen LogP) is 1.99. The minimum absolute atomic E-state index is 0.131. The van der Waals surface area contributed by atoms with E-state index in [-0.39, 0.29) is 5.91 Å². The van der Waals surface area contributed by atoms with Crippen molar-refractivity contribution in [3.8, 4) is 22.8 Å². The molecule has 0 bridgehead atoms. The van der Waals surface area contributed by atoms with E-state index in [9.17, 15) is 4.79 Å². The van der Waals surface area contributed by atoms with Gasteiger partial charge in [0.25, 0.3) is 5.91 Å². The van der Waals surface area contributed by atoms with Gasteiger partial charge in [0.15, 0.2) is 5.82 Å². The fourth-order valence-electron chi connectivity index (χ4n) is 2.62. The lowest BCUT2D eigenvalue weighted by molar-refractivity contribution is 0.0924. The highest BCUT2D eigenvalue weighted by Crippen LogP contribution is 2.30. The summed E-state index contributed by atoms with van der Waals surface area (Å²) in [5.74, 6) is 0.330. The highest BCUT2D eigenvalue weighted by Gasteiger charge is 2.20. The molecule has 1 aromatic carbocycles. The zero-order chi connectivity index (χ0) is 16.7. The van der Waals surface area contributed by atoms with Gasteiger partial charge in [-0.05, 0) is 24.3 Å². The third kappa shape index (κ3) is 2.39. The van der Waals surface area contributed by atoms with Crippen molar-refractivity contribution in [3.05, 3.63) is 47.2 Å². The molecule has 3 aromatic rings. The lowest BCUT2D eigenvalue weighted by atomic mass is 10.1. The maximum absolute atomic E-state index is 11.9. The SMILES string of the molecule is Nc1c(Cl)cccc1-c1nccc(-c2cc3n(n2)CCNC3=O)n1. The third-order valence-electron chi connectivity index (χ3n) is 3.83. The first kappa shape index (κ1) is 14.6. The molecule has 0 radical (unpaired) electrons. The average Bonchev–Trinajstić information content (AvgIpc) is 3.03. The molecule has 24 heavy (non-hydrogen) atoms. The number of para-hydroxylation sites is 1. The Kier molecular flexibility index (Phi) is 3.42. The Morgan fingerprint density at radius 3 is 2.96 bits per heavy atom. The Morgan fingerprint density at radius 1 is 1.25 bits per heavy atom. The molecule has 4 rings (SSSR count). The molecule has 2 aromatic heterocycles. The van der Waals surface area contributed by atoms with Gasteiger partial charge >= 0.3 is 0 Å². The number of carbonyl (C=O) groups is 1. The maximum Gasteiger partial charge on any atom is 0.269 e. The van der Waals surface area contributed by atoms with Crippen molar-refractivity contribution >= 4 is 23.2 Å². The molecular weight excluding hydrogens is 328 g/mol. The summed E-state index contributed by atoms with van der Waals surface area (Å²) in [5, 5.41) is 7.70. The molecule has 3 heterocycles. The van der Waals surface area contributed by atoms with Gasteiger partial charge in [0.2, 0.25) is 0 Å². The standard InChI is InChI=1S/C16H13ClN6O/c17-10-3-1-2-9(14(10)18)15-19-5-4-11(21-15)12-8-13-16(24)20-6-7-23(13)22-12/h1-5,8H,6-7,18H2,(H,20,24). The molecule has 0 saturated heterocycles. The maximum atomic E-state index is 11.9. The zero-order valence-corrected chi connectivity index (χ0v) is 13.3. The van der Waals surface area contributed by atoms with Gasteiger partial charge < -0.3 is 11.1 Å². The smallest absolute Gasteiger partial charge is 0.269 e. The van der Waals surface area contributed by atoms with Gasteiger partial charge in [0.05, 0.1) is 22.9 Å². The summed E-state index contributed by atoms with van der Waals surface area (Å²) in [4.78, 5) is 20.7. The number of benzene rings is 1. The first-order valence-corrected chi connectivity index (χ1v) is 7.75. The highest BCUT2D eigenvalue weighted by atomic mass is 35.5. The van der Waals surface area contributed by atoms with Crippen molar-refractivity contribution in [1.29, 1.82) is 0 Å². The number of nitrogens with two attached hydrogens (primary N) is 1. The summed E-state index contributed by atoms with van der Waals surface area (Å²) in [6.45, 7) is 1.21. The quantitative estimate of drug-likeness (QED) is 0.695. The van der Waals surface area contributed by atoms with E-state index in [4.69, 9.17) is 17.3 Å². The van der Waals surface area contributed by atoms with Crippen molar-refractivity contribution in [1.82, 2.24) is 25.1 Å². The fourth-order valence-corrected chi connectivity index (χ4v) is 2.80. The largest absolute Gasteiger partial charge is 0.397 e. The average molecular weight is 341 g/mol. The van der Waals surface area contributed by atoms with E-state index in [0.717, 1.165) is 0 Å². The first-order valence-electron chi connectivity index (χ1n) is 7.37. The Labute approximate surface area is 142 Å². The van der Waals surface area contributed by atoms with E-state index in [1.165, 1.54) is 0 Å². The molecule has 0 atom stereocenters. The van der Waals surface area contributed by atoms with Crippen LogP contribution in [0.2, 0.25) is 5.02 Å². The van der Waals surface area contributed by atoms with Gasteiger partial charge in [-0.25, -0.2) is 9.97 Å². The van der Waals surface area contributed by atoms with Crippen LogP contribution in [0, 0.1) is 0 Å². The summed E-state index contributed by atoms with van der Waals surface area (Å²) >= 11 is 6.06. The van der Waals surface area contributed by atoms with Gasteiger partial charge in [-0.1, -0.05) is 17.7 Å². The van der Waals surface area contributed by atoms with Crippen LogP contribution in [0.25, 0.3) is 22.8 Å². The molecule has 1 aliphatic rings. The number of nitrogen functional groups attached to an aromatic ring is 1. The van der Waals surface area contributed by atoms with Crippen LogP contribution in [0.4, 0.5) is 5.69 Å². The molecule has 7 nitrogen and oxygen atoms in total. The van der Waals surface area contributed by atoms with Crippen molar-refractivity contribution in [2.24, 2.45) is 0 Å². The third-order valence-corrected chi connectivity index (χ3v) is 4.16. The van der Waals surface area contributed by atoms with E-state index in [2.05, 4.69) is 20.4 Å². The molecule has 1 amide bonds. The van der Waals surface area contributed by atoms with E-state index in [1.54, 1.807) is 35.1 Å². The van der Waals surface area contributed by atoms with Crippen molar-refractivity contribution in [2.75, 3.05) is 12.3 Å². The second-order valence-corrected chi connectivity index (χ2v) is 5.77. The monoisotopic (exact) mass is 340 g/mol. The Morgan fingerprint density at radius 2 is 2.12 bits per heavy atom. The Hall–Kier alpha value is -2.93. The molecule has 0 saturated carbocycles. The van der Waals surface area contributed by atoms with E-state index < -0.39 is 0 Å². The van der Waals surface area contributed by atoms with Crippen LogP contribution < -0.4 is 11.1 Å². The first-order chi connectivity index (χ1) is 11.6. The van der Waals surface area contributed by atoms with Crippen LogP contribution in [0.1, 0.15) is 10.5 Å². The molecule has 0 aliphatic carbocycles. The fraction of sp³-hybridized carbons (Fsp3) is 0.125. The van der Waals surface area contributed by atoms with Crippen molar-refractivity contribution < 1.29 is 4.79 Å². The minimum atomic E-state index is -0.131. The number of hydrogen-bond donors (Lipinski definition) is 2. The summed E-state index contributed by atoms with van der Waals surface area (Å²) < 4.78 is 1.68. The van der Waals surface area contributed by atoms with Crippen LogP contribution in [-0.2, 0) is 6.54 Å². The summed E-state index contributed by atoms with van der Waals surface area (Å²) in [6, 6.07) is 8.79. The number of anilines is 1. The van der Waals surface area contributed by atoms with Gasteiger partial charge in [-0.3, -0.25) is 9.48 Å². The van der Waals surface area contributed by atoms with Gasteiger partial charge in [0, 0.05) is 18.3 Å². The lowest BCUT2D eigenvalue weighted by Gasteiger charge is -2.13. The molecular formula is C16H13ClN6O. The molecule has 0 spiro atoms. The number of aromatic nitrogens is 4. The normalized spacial score (nSPS) is 13.5. The molecule has 1 aliphatic heterocycles. The van der Waals surface area contributed by atoms with Crippen molar-refractivity contribution in [2.45, 2.75) is 6.54 Å². The highest BCUT2D eigenvalue weighted by molar-refractivity contribution is 6.33. The molecule has 3 N–H and O–H groups in total. The number of fused-ring (bicyclic) bond motifs is 1. The summed E-state index contributed by atoms with van der Waals surface area (Å²) in [5.41, 5.74) is 8.87. The summed E-state index contributed by atoms with van der Waals surface area (Å²) in [6.07, 6.45) is 1.64. The molecule has 120 valence electrons. The number of nitrogens with zero attached hydrogens (tertiary/aromatic N) is 4. The second-order valence-electron chi connectivity index (χ2n) is 5.36. The van der Waals surface area contributed by atoms with Crippen LogP contribution in [0.5, 0.6) is 0 Å². The molecule has 0 unspecified atom stereocenters. The number of nitrogens with one attached hydrogen (secondary N) is 1. The van der Waals surface area contributed by atoms with Gasteiger partial charge in [0.1, 0.15) is 11.4 Å². The van der Waals surface area contributed by atoms with Crippen LogP contribution in [0.15, 0.2) is 36.5 Å². The zero-order valence-electron chi connectivity index (χ0n) is 12.5. The Bertz CT molecular complexity index is 951. The van der Waals surface area contributed by atoms with Gasteiger partial charge in [-0.2, -0.15) is 5.10 Å². The van der Waals surface area contributed by atoms with Gasteiger partial charge in [-0.15, -0.1) is 0 Å². The van der Waals surface area contributed by atoms with E-state index in [0.29, 0.717) is 52.3 Å². The Balaban J connectivity index is 1.78. The van der Waals surface area contributed by atoms with Crippen LogP contribution in [0.3, 0.4) is 0 Å². The predicted molar refractivity (Wildman–Crippen MR) is 90.4 cm³/mol. The lowest BCUT2D eigenvalue weighted by Crippen LogP contribution is -2.35. The number of hydrogen-bond acceptors (Lipinski definition) is 5. The molecule has 0 fully saturated rings. The summed E-state index contributed by atoms with van der Waals surface area (Å²) in [7, 11) is 0. The van der Waals surface area contributed by atoms with Crippen molar-refractivity contribution in [3.63, 3.8) is 0 Å². The van der Waals surface area contributed by atoms with Crippen LogP contribution >= 0.6 is 11.6 Å². The van der Waals surface area contributed by atoms with E-state index >= 15 is 0 Å². The number of rotatable bonds is 2. The number of amides is 1.